The number of ether oxygens (including phenoxy) is 4. The van der Waals surface area contributed by atoms with Crippen molar-refractivity contribution in [2.24, 2.45) is 5.16 Å². The van der Waals surface area contributed by atoms with Gasteiger partial charge in [0.25, 0.3) is 11.8 Å². The quantitative estimate of drug-likeness (QED) is 0.0974. The van der Waals surface area contributed by atoms with Gasteiger partial charge in [-0.05, 0) is 13.8 Å². The van der Waals surface area contributed by atoms with Crippen LogP contribution in [-0.2, 0) is 43.0 Å². The van der Waals surface area contributed by atoms with E-state index in [1.165, 1.54) is 38.1 Å². The molecule has 2 amide bonds. The van der Waals surface area contributed by atoms with E-state index in [1.54, 1.807) is 13.8 Å². The summed E-state index contributed by atoms with van der Waals surface area (Å²) in [5.41, 5.74) is 5.73. The average molecular weight is 586 g/mol. The molecular formula is C22H27N5O10S2. The molecule has 0 radical (unpaired) electrons. The Hall–Kier alpha value is -3.86. The average Bonchev–Trinajstić information content (AvgIpc) is 3.28. The number of nitrogens with two attached hydrogens (primary N) is 1. The Morgan fingerprint density at radius 1 is 1.23 bits per heavy atom. The maximum Gasteiger partial charge on any atom is 0.511 e. The van der Waals surface area contributed by atoms with Crippen LogP contribution in [0, 0.1) is 0 Å². The minimum atomic E-state index is -1.36. The normalized spacial score (nSPS) is 19.5. The number of carbonyl (C=O) groups excluding carboxylic acids is 5. The molecule has 2 aliphatic rings. The standard InChI is InChI=1S/C22H27N5O10S2/c1-9(2)35-22(32)37-11(4)36-20(31)16-12(6-34-10(3)28)7-38-19-15(18(30)27(16)19)25-17(29)14(26-33-5)13-8-39-21(23)24-13/h8-9,11,15,19H,6-7H2,1-5H3,(H2,23,24)(H,25,29)/b26-14+/t11?,15-,19-/m1/s1. The molecule has 1 fully saturated rings. The molecule has 212 valence electrons. The molecule has 0 bridgehead atoms. The first kappa shape index (κ1) is 29.7. The number of β-lactam (4-membered cyclic amide) rings is 1. The fourth-order valence-electron chi connectivity index (χ4n) is 3.46. The number of aromatic nitrogens is 1. The van der Waals surface area contributed by atoms with Crippen LogP contribution < -0.4 is 11.1 Å². The largest absolute Gasteiger partial charge is 0.511 e. The van der Waals surface area contributed by atoms with Crippen molar-refractivity contribution in [2.45, 2.75) is 51.5 Å². The van der Waals surface area contributed by atoms with Crippen molar-refractivity contribution < 1.29 is 47.8 Å². The molecule has 0 saturated carbocycles. The van der Waals surface area contributed by atoms with Crippen LogP contribution in [0.3, 0.4) is 0 Å². The minimum absolute atomic E-state index is 0.162. The maximum absolute atomic E-state index is 13.2. The van der Waals surface area contributed by atoms with Crippen LogP contribution in [0.4, 0.5) is 9.93 Å². The van der Waals surface area contributed by atoms with Gasteiger partial charge < -0.3 is 34.8 Å². The number of nitrogens with one attached hydrogen (secondary N) is 1. The number of thioether (sulfide) groups is 1. The molecule has 3 N–H and O–H groups in total. The second-order valence-electron chi connectivity index (χ2n) is 8.29. The number of nitrogens with zero attached hydrogens (tertiary/aromatic N) is 3. The highest BCUT2D eigenvalue weighted by atomic mass is 32.2. The van der Waals surface area contributed by atoms with Crippen LogP contribution in [0.15, 0.2) is 21.8 Å². The van der Waals surface area contributed by atoms with Crippen LogP contribution in [0.1, 0.15) is 33.4 Å². The molecule has 1 aromatic heterocycles. The van der Waals surface area contributed by atoms with Crippen molar-refractivity contribution in [3.8, 4) is 0 Å². The zero-order valence-electron chi connectivity index (χ0n) is 21.6. The third kappa shape index (κ3) is 7.17. The summed E-state index contributed by atoms with van der Waals surface area (Å²) in [6, 6.07) is -1.03. The van der Waals surface area contributed by atoms with Crippen molar-refractivity contribution in [1.29, 1.82) is 0 Å². The van der Waals surface area contributed by atoms with Crippen molar-refractivity contribution >= 4 is 63.9 Å². The Kier molecular flexibility index (Phi) is 9.74. The highest BCUT2D eigenvalue weighted by Gasteiger charge is 2.55. The SMILES string of the molecule is CO/N=C(/C(=O)N[C@@H]1C(=O)N2C(C(=O)OC(C)OC(=O)OC(C)C)=C(COC(C)=O)CS[C@H]12)c1csc(N)n1. The number of anilines is 1. The van der Waals surface area contributed by atoms with Gasteiger partial charge >= 0.3 is 18.1 Å². The molecule has 17 heteroatoms. The second kappa shape index (κ2) is 12.8. The molecule has 2 aliphatic heterocycles. The third-order valence-corrected chi connectivity index (χ3v) is 7.02. The molecule has 0 aliphatic carbocycles. The number of nitrogen functional groups attached to an aromatic ring is 1. The van der Waals surface area contributed by atoms with Crippen LogP contribution in [0.2, 0.25) is 0 Å². The van der Waals surface area contributed by atoms with Gasteiger partial charge in [0.15, 0.2) is 10.8 Å². The van der Waals surface area contributed by atoms with E-state index in [9.17, 15) is 24.0 Å². The number of rotatable bonds is 10. The van der Waals surface area contributed by atoms with Gasteiger partial charge in [0.2, 0.25) is 6.29 Å². The molecule has 3 heterocycles. The summed E-state index contributed by atoms with van der Waals surface area (Å²) in [4.78, 5) is 72.3. The number of fused-ring (bicyclic) bond motifs is 1. The van der Waals surface area contributed by atoms with E-state index in [2.05, 4.69) is 15.5 Å². The van der Waals surface area contributed by atoms with E-state index >= 15 is 0 Å². The number of carbonyl (C=O) groups is 5. The zero-order chi connectivity index (χ0) is 28.9. The van der Waals surface area contributed by atoms with Crippen molar-refractivity contribution in [3.05, 3.63) is 22.3 Å². The lowest BCUT2D eigenvalue weighted by Crippen LogP contribution is -2.71. The monoisotopic (exact) mass is 585 g/mol. The Morgan fingerprint density at radius 3 is 2.54 bits per heavy atom. The summed E-state index contributed by atoms with van der Waals surface area (Å²) in [5.74, 6) is -2.79. The van der Waals surface area contributed by atoms with Crippen molar-refractivity contribution in [3.63, 3.8) is 0 Å². The summed E-state index contributed by atoms with van der Waals surface area (Å²) < 4.78 is 20.0. The number of esters is 2. The van der Waals surface area contributed by atoms with Crippen LogP contribution in [0.25, 0.3) is 0 Å². The lowest BCUT2D eigenvalue weighted by Gasteiger charge is -2.49. The predicted molar refractivity (Wildman–Crippen MR) is 137 cm³/mol. The molecule has 0 spiro atoms. The minimum Gasteiger partial charge on any atom is -0.461 e. The number of hydrogen-bond donors (Lipinski definition) is 2. The highest BCUT2D eigenvalue weighted by molar-refractivity contribution is 8.00. The summed E-state index contributed by atoms with van der Waals surface area (Å²) in [6.07, 6.45) is -2.86. The Labute approximate surface area is 231 Å². The third-order valence-electron chi connectivity index (χ3n) is 5.01. The Morgan fingerprint density at radius 2 is 1.95 bits per heavy atom. The summed E-state index contributed by atoms with van der Waals surface area (Å²) in [5, 5.41) is 7.30. The molecule has 0 aromatic carbocycles. The van der Waals surface area contributed by atoms with Crippen LogP contribution >= 0.6 is 23.1 Å². The highest BCUT2D eigenvalue weighted by Crippen LogP contribution is 2.41. The number of thiazole rings is 1. The fraction of sp³-hybridized carbons (Fsp3) is 0.500. The Balaban J connectivity index is 1.78. The van der Waals surface area contributed by atoms with Gasteiger partial charge in [-0.2, -0.15) is 0 Å². The number of oxime groups is 1. The summed E-state index contributed by atoms with van der Waals surface area (Å²) in [7, 11) is 1.25. The topological polar surface area (TPSA) is 198 Å². The van der Waals surface area contributed by atoms with Gasteiger partial charge in [0.05, 0.1) is 6.10 Å². The molecule has 1 saturated heterocycles. The molecule has 3 atom stereocenters. The van der Waals surface area contributed by atoms with Gasteiger partial charge in [-0.15, -0.1) is 23.1 Å². The van der Waals surface area contributed by atoms with Gasteiger partial charge in [-0.25, -0.2) is 14.6 Å². The summed E-state index contributed by atoms with van der Waals surface area (Å²) in [6.45, 7) is 5.45. The zero-order valence-corrected chi connectivity index (χ0v) is 23.3. The summed E-state index contributed by atoms with van der Waals surface area (Å²) >= 11 is 2.33. The number of amides is 2. The molecule has 15 nitrogen and oxygen atoms in total. The number of hydrogen-bond acceptors (Lipinski definition) is 15. The first-order valence-corrected chi connectivity index (χ1v) is 13.4. The van der Waals surface area contributed by atoms with Gasteiger partial charge in [-0.3, -0.25) is 19.3 Å². The molecule has 3 rings (SSSR count). The van der Waals surface area contributed by atoms with Gasteiger partial charge in [0.1, 0.15) is 36.5 Å². The van der Waals surface area contributed by atoms with E-state index in [0.717, 1.165) is 16.2 Å². The first-order chi connectivity index (χ1) is 18.4. The van der Waals surface area contributed by atoms with Crippen LogP contribution in [0.5, 0.6) is 0 Å². The maximum atomic E-state index is 13.2. The smallest absolute Gasteiger partial charge is 0.461 e. The lowest BCUT2D eigenvalue weighted by atomic mass is 10.0. The van der Waals surface area contributed by atoms with Crippen molar-refractivity contribution in [2.75, 3.05) is 25.2 Å². The molecule has 1 unspecified atom stereocenters. The van der Waals surface area contributed by atoms with E-state index in [0.29, 0.717) is 5.57 Å². The Bertz CT molecular complexity index is 1210. The predicted octanol–water partition coefficient (Wildman–Crippen LogP) is 0.744. The van der Waals surface area contributed by atoms with Gasteiger partial charge in [0, 0.05) is 30.6 Å². The van der Waals surface area contributed by atoms with E-state index in [-0.39, 0.29) is 34.6 Å². The van der Waals surface area contributed by atoms with E-state index < -0.39 is 53.7 Å². The first-order valence-electron chi connectivity index (χ1n) is 11.4. The van der Waals surface area contributed by atoms with E-state index in [4.69, 9.17) is 29.5 Å². The molecule has 39 heavy (non-hydrogen) atoms. The fourth-order valence-corrected chi connectivity index (χ4v) is 5.33. The second-order valence-corrected chi connectivity index (χ2v) is 10.3. The van der Waals surface area contributed by atoms with Crippen LogP contribution in [-0.4, -0.2) is 88.8 Å². The van der Waals surface area contributed by atoms with E-state index in [1.807, 2.05) is 0 Å². The molecule has 1 aromatic rings. The molecular weight excluding hydrogens is 558 g/mol. The van der Waals surface area contributed by atoms with Crippen molar-refractivity contribution in [1.82, 2.24) is 15.2 Å². The van der Waals surface area contributed by atoms with Gasteiger partial charge in [-0.1, -0.05) is 5.16 Å². The lowest BCUT2D eigenvalue weighted by molar-refractivity contribution is -0.169.